The van der Waals surface area contributed by atoms with Gasteiger partial charge in [-0.05, 0) is 11.6 Å². The highest BCUT2D eigenvalue weighted by atomic mass is 35.5. The molecule has 1 aromatic heterocycles. The number of benzene rings is 1. The molecule has 1 heterocycles. The number of aldehydes is 1. The molecule has 0 unspecified atom stereocenters. The third-order valence-corrected chi connectivity index (χ3v) is 2.39. The lowest BCUT2D eigenvalue weighted by molar-refractivity contribution is 0.111. The van der Waals surface area contributed by atoms with Crippen LogP contribution in [0, 0.1) is 0 Å². The average molecular weight is 218 g/mol. The van der Waals surface area contributed by atoms with Crippen LogP contribution in [0.25, 0.3) is 11.1 Å². The summed E-state index contributed by atoms with van der Waals surface area (Å²) in [5, 5.41) is 0.381. The SMILES string of the molecule is O=Cc1ncc(-c2ccccc2)cc1Cl. The van der Waals surface area contributed by atoms with Gasteiger partial charge in [0.25, 0.3) is 0 Å². The van der Waals surface area contributed by atoms with Crippen LogP contribution in [-0.4, -0.2) is 11.3 Å². The summed E-state index contributed by atoms with van der Waals surface area (Å²) in [6.07, 6.45) is 2.29. The van der Waals surface area contributed by atoms with Gasteiger partial charge in [-0.3, -0.25) is 9.78 Å². The van der Waals surface area contributed by atoms with Crippen molar-refractivity contribution in [3.63, 3.8) is 0 Å². The van der Waals surface area contributed by atoms with Crippen molar-refractivity contribution in [3.05, 3.63) is 53.3 Å². The molecule has 0 amide bonds. The van der Waals surface area contributed by atoms with Crippen LogP contribution in [0.2, 0.25) is 5.02 Å². The van der Waals surface area contributed by atoms with Gasteiger partial charge in [0.2, 0.25) is 0 Å². The Labute approximate surface area is 92.5 Å². The van der Waals surface area contributed by atoms with E-state index in [1.807, 2.05) is 30.3 Å². The summed E-state index contributed by atoms with van der Waals surface area (Å²) in [7, 11) is 0. The molecule has 0 saturated heterocycles. The van der Waals surface area contributed by atoms with E-state index in [0.29, 0.717) is 11.3 Å². The monoisotopic (exact) mass is 217 g/mol. The van der Waals surface area contributed by atoms with E-state index in [-0.39, 0.29) is 5.69 Å². The van der Waals surface area contributed by atoms with Gasteiger partial charge in [-0.15, -0.1) is 0 Å². The molecule has 1 aromatic carbocycles. The summed E-state index contributed by atoms with van der Waals surface area (Å²) >= 11 is 5.89. The number of pyridine rings is 1. The predicted molar refractivity (Wildman–Crippen MR) is 60.1 cm³/mol. The molecule has 2 nitrogen and oxygen atoms in total. The van der Waals surface area contributed by atoms with E-state index in [2.05, 4.69) is 4.98 Å². The van der Waals surface area contributed by atoms with Gasteiger partial charge in [0.05, 0.1) is 5.02 Å². The zero-order chi connectivity index (χ0) is 10.7. The van der Waals surface area contributed by atoms with Crippen molar-refractivity contribution < 1.29 is 4.79 Å². The largest absolute Gasteiger partial charge is 0.296 e. The molecule has 3 heteroatoms. The Morgan fingerprint density at radius 3 is 2.47 bits per heavy atom. The number of hydrogen-bond donors (Lipinski definition) is 0. The van der Waals surface area contributed by atoms with Crippen LogP contribution < -0.4 is 0 Å². The maximum Gasteiger partial charge on any atom is 0.169 e. The summed E-state index contributed by atoms with van der Waals surface area (Å²) in [5.74, 6) is 0. The Kier molecular flexibility index (Phi) is 2.79. The van der Waals surface area contributed by atoms with Crippen molar-refractivity contribution >= 4 is 17.9 Å². The number of halogens is 1. The topological polar surface area (TPSA) is 30.0 Å². The first-order valence-electron chi connectivity index (χ1n) is 4.47. The molecule has 0 aliphatic heterocycles. The molecule has 0 bridgehead atoms. The van der Waals surface area contributed by atoms with Crippen molar-refractivity contribution in [3.8, 4) is 11.1 Å². The molecule has 0 spiro atoms. The second-order valence-electron chi connectivity index (χ2n) is 3.07. The molecule has 0 saturated carbocycles. The van der Waals surface area contributed by atoms with Gasteiger partial charge in [-0.2, -0.15) is 0 Å². The fraction of sp³-hybridized carbons (Fsp3) is 0. The van der Waals surface area contributed by atoms with Crippen LogP contribution in [0.1, 0.15) is 10.5 Å². The fourth-order valence-electron chi connectivity index (χ4n) is 1.32. The van der Waals surface area contributed by atoms with Gasteiger partial charge in [0.15, 0.2) is 6.29 Å². The van der Waals surface area contributed by atoms with Crippen molar-refractivity contribution in [2.45, 2.75) is 0 Å². The lowest BCUT2D eigenvalue weighted by Crippen LogP contribution is -1.89. The maximum absolute atomic E-state index is 10.5. The van der Waals surface area contributed by atoms with Crippen LogP contribution >= 0.6 is 11.6 Å². The van der Waals surface area contributed by atoms with E-state index in [1.165, 1.54) is 0 Å². The molecule has 0 atom stereocenters. The lowest BCUT2D eigenvalue weighted by Gasteiger charge is -2.02. The van der Waals surface area contributed by atoms with E-state index in [1.54, 1.807) is 12.3 Å². The Bertz CT molecular complexity index is 482. The van der Waals surface area contributed by atoms with E-state index < -0.39 is 0 Å². The molecule has 0 fully saturated rings. The molecular weight excluding hydrogens is 210 g/mol. The minimum absolute atomic E-state index is 0.274. The number of nitrogens with zero attached hydrogens (tertiary/aromatic N) is 1. The Morgan fingerprint density at radius 2 is 1.87 bits per heavy atom. The zero-order valence-corrected chi connectivity index (χ0v) is 8.61. The summed E-state index contributed by atoms with van der Waals surface area (Å²) in [4.78, 5) is 14.5. The normalized spacial score (nSPS) is 9.93. The van der Waals surface area contributed by atoms with Crippen LogP contribution in [0.3, 0.4) is 0 Å². The number of carbonyl (C=O) groups excluding carboxylic acids is 1. The quantitative estimate of drug-likeness (QED) is 0.723. The number of aromatic nitrogens is 1. The van der Waals surface area contributed by atoms with Gasteiger partial charge >= 0.3 is 0 Å². The van der Waals surface area contributed by atoms with Crippen LogP contribution in [0.4, 0.5) is 0 Å². The Morgan fingerprint density at radius 1 is 1.13 bits per heavy atom. The molecule has 0 aliphatic rings. The molecular formula is C12H8ClNO. The summed E-state index contributed by atoms with van der Waals surface area (Å²) in [6, 6.07) is 11.5. The molecule has 0 aliphatic carbocycles. The van der Waals surface area contributed by atoms with Gasteiger partial charge in [0, 0.05) is 11.8 Å². The minimum atomic E-state index is 0.274. The molecule has 2 aromatic rings. The van der Waals surface area contributed by atoms with Gasteiger partial charge in [-0.25, -0.2) is 0 Å². The van der Waals surface area contributed by atoms with Crippen LogP contribution in [0.5, 0.6) is 0 Å². The third kappa shape index (κ3) is 2.05. The Balaban J connectivity index is 2.47. The fourth-order valence-corrected chi connectivity index (χ4v) is 1.53. The number of hydrogen-bond acceptors (Lipinski definition) is 2. The van der Waals surface area contributed by atoms with Gasteiger partial charge in [-0.1, -0.05) is 41.9 Å². The molecule has 15 heavy (non-hydrogen) atoms. The number of rotatable bonds is 2. The number of carbonyl (C=O) groups is 1. The van der Waals surface area contributed by atoms with Gasteiger partial charge in [0.1, 0.15) is 5.69 Å². The summed E-state index contributed by atoms with van der Waals surface area (Å²) in [5.41, 5.74) is 2.21. The first-order valence-corrected chi connectivity index (χ1v) is 4.85. The Hall–Kier alpha value is -1.67. The van der Waals surface area contributed by atoms with Crippen molar-refractivity contribution in [1.29, 1.82) is 0 Å². The first-order chi connectivity index (χ1) is 7.31. The van der Waals surface area contributed by atoms with E-state index in [4.69, 9.17) is 11.6 Å². The second kappa shape index (κ2) is 4.24. The summed E-state index contributed by atoms with van der Waals surface area (Å²) in [6.45, 7) is 0. The van der Waals surface area contributed by atoms with E-state index in [9.17, 15) is 4.79 Å². The highest BCUT2D eigenvalue weighted by Gasteiger charge is 2.03. The second-order valence-corrected chi connectivity index (χ2v) is 3.48. The highest BCUT2D eigenvalue weighted by molar-refractivity contribution is 6.32. The smallest absolute Gasteiger partial charge is 0.169 e. The van der Waals surface area contributed by atoms with E-state index in [0.717, 1.165) is 11.1 Å². The first kappa shape index (κ1) is 9.87. The zero-order valence-electron chi connectivity index (χ0n) is 7.85. The molecule has 0 N–H and O–H groups in total. The van der Waals surface area contributed by atoms with Crippen molar-refractivity contribution in [1.82, 2.24) is 4.98 Å². The van der Waals surface area contributed by atoms with Crippen molar-refractivity contribution in [2.75, 3.05) is 0 Å². The highest BCUT2D eigenvalue weighted by Crippen LogP contribution is 2.22. The minimum Gasteiger partial charge on any atom is -0.296 e. The molecule has 74 valence electrons. The molecule has 0 radical (unpaired) electrons. The van der Waals surface area contributed by atoms with Crippen molar-refractivity contribution in [2.24, 2.45) is 0 Å². The molecule has 2 rings (SSSR count). The van der Waals surface area contributed by atoms with E-state index >= 15 is 0 Å². The average Bonchev–Trinajstić information content (AvgIpc) is 2.30. The predicted octanol–water partition coefficient (Wildman–Crippen LogP) is 3.21. The lowest BCUT2D eigenvalue weighted by atomic mass is 10.1. The summed E-state index contributed by atoms with van der Waals surface area (Å²) < 4.78 is 0. The van der Waals surface area contributed by atoms with Crippen LogP contribution in [-0.2, 0) is 0 Å². The maximum atomic E-state index is 10.5. The van der Waals surface area contributed by atoms with Crippen LogP contribution in [0.15, 0.2) is 42.6 Å². The standard InChI is InChI=1S/C12H8ClNO/c13-11-6-10(7-14-12(11)8-15)9-4-2-1-3-5-9/h1-8H. The third-order valence-electron chi connectivity index (χ3n) is 2.09. The van der Waals surface area contributed by atoms with Gasteiger partial charge < -0.3 is 0 Å².